The van der Waals surface area contributed by atoms with Crippen LogP contribution < -0.4 is 14.8 Å². The van der Waals surface area contributed by atoms with Gasteiger partial charge in [-0.25, -0.2) is 9.59 Å². The summed E-state index contributed by atoms with van der Waals surface area (Å²) in [6.07, 6.45) is 1.49. The monoisotopic (exact) mass is 492 g/mol. The van der Waals surface area contributed by atoms with Gasteiger partial charge in [0.1, 0.15) is 11.5 Å². The molecule has 164 valence electrons. The number of methoxy groups -OCH3 is 2. The minimum absolute atomic E-state index is 0.0138. The molecule has 0 saturated carbocycles. The van der Waals surface area contributed by atoms with Crippen molar-refractivity contribution in [2.45, 2.75) is 26.5 Å². The van der Waals surface area contributed by atoms with Crippen molar-refractivity contribution in [3.8, 4) is 11.5 Å². The summed E-state index contributed by atoms with van der Waals surface area (Å²) in [5, 5.41) is 2.55. The van der Waals surface area contributed by atoms with Crippen LogP contribution in [0.1, 0.15) is 35.7 Å². The number of furan rings is 1. The summed E-state index contributed by atoms with van der Waals surface area (Å²) in [6, 6.07) is 5.76. The second-order valence-corrected chi connectivity index (χ2v) is 7.68. The highest BCUT2D eigenvalue weighted by Gasteiger charge is 2.34. The molecule has 0 aliphatic carbocycles. The SMILES string of the molecule is COC(=O)c1ccc(CN2C(=O)NC(=Cc3cc(OC)c(OC(C)C)cc3Br)C2=O)o1. The van der Waals surface area contributed by atoms with Crippen molar-refractivity contribution >= 4 is 39.9 Å². The van der Waals surface area contributed by atoms with Crippen LogP contribution in [0.4, 0.5) is 4.79 Å². The summed E-state index contributed by atoms with van der Waals surface area (Å²) >= 11 is 3.46. The van der Waals surface area contributed by atoms with Gasteiger partial charge >= 0.3 is 12.0 Å². The standard InChI is InChI=1S/C21H21BrN2O7/c1-11(2)30-18-9-14(22)12(8-17(18)28-3)7-15-19(25)24(21(27)23-15)10-13-5-6-16(31-13)20(26)29-4/h5-9,11H,10H2,1-4H3,(H,23,27). The molecule has 2 heterocycles. The molecule has 2 aromatic rings. The van der Waals surface area contributed by atoms with Crippen molar-refractivity contribution in [1.29, 1.82) is 0 Å². The quantitative estimate of drug-likeness (QED) is 0.356. The lowest BCUT2D eigenvalue weighted by Gasteiger charge is -2.15. The van der Waals surface area contributed by atoms with Gasteiger partial charge in [-0.3, -0.25) is 9.69 Å². The zero-order valence-electron chi connectivity index (χ0n) is 17.4. The van der Waals surface area contributed by atoms with Crippen LogP contribution in [0.15, 0.2) is 38.9 Å². The molecule has 0 atom stereocenters. The van der Waals surface area contributed by atoms with E-state index < -0.39 is 17.9 Å². The van der Waals surface area contributed by atoms with Crippen molar-refractivity contribution in [2.24, 2.45) is 0 Å². The first-order valence-electron chi connectivity index (χ1n) is 9.29. The summed E-state index contributed by atoms with van der Waals surface area (Å²) < 4.78 is 21.7. The van der Waals surface area contributed by atoms with E-state index >= 15 is 0 Å². The van der Waals surface area contributed by atoms with Crippen LogP contribution >= 0.6 is 15.9 Å². The predicted molar refractivity (Wildman–Crippen MR) is 114 cm³/mol. The minimum Gasteiger partial charge on any atom is -0.493 e. The summed E-state index contributed by atoms with van der Waals surface area (Å²) in [5.74, 6) is 0.114. The van der Waals surface area contributed by atoms with Crippen molar-refractivity contribution in [3.05, 3.63) is 51.5 Å². The van der Waals surface area contributed by atoms with Gasteiger partial charge in [0.15, 0.2) is 11.5 Å². The molecule has 1 N–H and O–H groups in total. The van der Waals surface area contributed by atoms with E-state index in [1.54, 1.807) is 12.1 Å². The summed E-state index contributed by atoms with van der Waals surface area (Å²) in [4.78, 5) is 37.6. The lowest BCUT2D eigenvalue weighted by atomic mass is 10.1. The lowest BCUT2D eigenvalue weighted by molar-refractivity contribution is -0.123. The Morgan fingerprint density at radius 1 is 1.23 bits per heavy atom. The zero-order chi connectivity index (χ0) is 22.7. The Hall–Kier alpha value is -3.27. The van der Waals surface area contributed by atoms with Crippen LogP contribution in [0.5, 0.6) is 11.5 Å². The number of imide groups is 1. The van der Waals surface area contributed by atoms with E-state index in [1.165, 1.54) is 32.4 Å². The van der Waals surface area contributed by atoms with Crippen LogP contribution in [0.3, 0.4) is 0 Å². The van der Waals surface area contributed by atoms with Gasteiger partial charge in [0.2, 0.25) is 5.76 Å². The molecule has 1 saturated heterocycles. The highest BCUT2D eigenvalue weighted by molar-refractivity contribution is 9.10. The number of ether oxygens (including phenoxy) is 3. The minimum atomic E-state index is -0.646. The number of hydrogen-bond donors (Lipinski definition) is 1. The maximum absolute atomic E-state index is 12.8. The molecular formula is C21H21BrN2O7. The first kappa shape index (κ1) is 22.4. The molecule has 0 spiro atoms. The lowest BCUT2D eigenvalue weighted by Crippen LogP contribution is -2.30. The van der Waals surface area contributed by atoms with E-state index in [1.807, 2.05) is 13.8 Å². The number of carbonyl (C=O) groups is 3. The highest BCUT2D eigenvalue weighted by Crippen LogP contribution is 2.35. The van der Waals surface area contributed by atoms with Gasteiger partial charge in [0.25, 0.3) is 5.91 Å². The van der Waals surface area contributed by atoms with Gasteiger partial charge in [-0.05, 0) is 49.8 Å². The number of nitrogens with zero attached hydrogens (tertiary/aromatic N) is 1. The van der Waals surface area contributed by atoms with Crippen LogP contribution in [-0.2, 0) is 16.1 Å². The third-order valence-electron chi connectivity index (χ3n) is 4.27. The molecule has 3 amide bonds. The Bertz CT molecular complexity index is 1060. The molecule has 1 aliphatic rings. The Labute approximate surface area is 187 Å². The molecule has 3 rings (SSSR count). The molecular weight excluding hydrogens is 472 g/mol. The van der Waals surface area contributed by atoms with Gasteiger partial charge in [-0.1, -0.05) is 15.9 Å². The molecule has 9 nitrogen and oxygen atoms in total. The summed E-state index contributed by atoms with van der Waals surface area (Å²) in [7, 11) is 2.75. The number of amides is 3. The maximum Gasteiger partial charge on any atom is 0.373 e. The second-order valence-electron chi connectivity index (χ2n) is 6.83. The topological polar surface area (TPSA) is 107 Å². The fourth-order valence-electron chi connectivity index (χ4n) is 2.87. The number of nitrogens with one attached hydrogen (secondary N) is 1. The number of esters is 1. The van der Waals surface area contributed by atoms with Crippen molar-refractivity contribution in [2.75, 3.05) is 14.2 Å². The fraction of sp³-hybridized carbons (Fsp3) is 0.286. The normalized spacial score (nSPS) is 14.9. The molecule has 1 fully saturated rings. The van der Waals surface area contributed by atoms with E-state index in [9.17, 15) is 14.4 Å². The number of benzene rings is 1. The Morgan fingerprint density at radius 3 is 2.61 bits per heavy atom. The van der Waals surface area contributed by atoms with E-state index in [2.05, 4.69) is 26.0 Å². The van der Waals surface area contributed by atoms with E-state index in [0.717, 1.165) is 4.90 Å². The van der Waals surface area contributed by atoms with Crippen LogP contribution in [0.2, 0.25) is 0 Å². The van der Waals surface area contributed by atoms with Crippen molar-refractivity contribution < 1.29 is 33.0 Å². The molecule has 31 heavy (non-hydrogen) atoms. The Kier molecular flexibility index (Phi) is 6.69. The number of rotatable bonds is 7. The average Bonchev–Trinajstić information content (AvgIpc) is 3.29. The number of urea groups is 1. The van der Waals surface area contributed by atoms with E-state index in [-0.39, 0.29) is 29.9 Å². The Morgan fingerprint density at radius 2 is 1.97 bits per heavy atom. The van der Waals surface area contributed by atoms with Gasteiger partial charge in [0.05, 0.1) is 26.9 Å². The summed E-state index contributed by atoms with van der Waals surface area (Å²) in [6.45, 7) is 3.67. The van der Waals surface area contributed by atoms with Crippen LogP contribution in [0, 0.1) is 0 Å². The molecule has 1 aliphatic heterocycles. The highest BCUT2D eigenvalue weighted by atomic mass is 79.9. The molecule has 1 aromatic carbocycles. The maximum atomic E-state index is 12.8. The van der Waals surface area contributed by atoms with Gasteiger partial charge in [-0.15, -0.1) is 0 Å². The van der Waals surface area contributed by atoms with Crippen molar-refractivity contribution in [1.82, 2.24) is 10.2 Å². The smallest absolute Gasteiger partial charge is 0.373 e. The average molecular weight is 493 g/mol. The predicted octanol–water partition coefficient (Wildman–Crippen LogP) is 3.72. The van der Waals surface area contributed by atoms with E-state index in [0.29, 0.717) is 21.5 Å². The zero-order valence-corrected chi connectivity index (χ0v) is 18.9. The third kappa shape index (κ3) is 4.91. The number of carbonyl (C=O) groups excluding carboxylic acids is 3. The number of halogens is 1. The van der Waals surface area contributed by atoms with Crippen LogP contribution in [0.25, 0.3) is 6.08 Å². The molecule has 0 unspecified atom stereocenters. The first-order valence-corrected chi connectivity index (χ1v) is 10.1. The molecule has 1 aromatic heterocycles. The largest absolute Gasteiger partial charge is 0.493 e. The molecule has 0 bridgehead atoms. The molecule has 10 heteroatoms. The van der Waals surface area contributed by atoms with Crippen LogP contribution in [-0.4, -0.2) is 43.1 Å². The Balaban J connectivity index is 1.83. The van der Waals surface area contributed by atoms with Crippen molar-refractivity contribution in [3.63, 3.8) is 0 Å². The van der Waals surface area contributed by atoms with Gasteiger partial charge in [0, 0.05) is 4.47 Å². The van der Waals surface area contributed by atoms with E-state index in [4.69, 9.17) is 13.9 Å². The van der Waals surface area contributed by atoms with Gasteiger partial charge < -0.3 is 23.9 Å². The number of hydrogen-bond acceptors (Lipinski definition) is 7. The van der Waals surface area contributed by atoms with Gasteiger partial charge in [-0.2, -0.15) is 0 Å². The first-order chi connectivity index (χ1) is 14.7. The molecule has 0 radical (unpaired) electrons. The summed E-state index contributed by atoms with van der Waals surface area (Å²) in [5.41, 5.74) is 0.703. The third-order valence-corrected chi connectivity index (χ3v) is 4.96. The fourth-order valence-corrected chi connectivity index (χ4v) is 3.30. The second kappa shape index (κ2) is 9.25.